The zero-order valence-electron chi connectivity index (χ0n) is 18.9. The van der Waals surface area contributed by atoms with Crippen molar-refractivity contribution in [2.75, 3.05) is 26.3 Å². The average Bonchev–Trinajstić information content (AvgIpc) is 3.59. The SMILES string of the molecule is O[C@H](C[C@H]1CCc2sc3nccc(OC4CCC(N5CCOCC5)CC4)c3c21)c1ccn[nH]1. The number of aliphatic hydroxyl groups excluding tert-OH is 1. The second-order valence-electron chi connectivity index (χ2n) is 9.62. The van der Waals surface area contributed by atoms with Gasteiger partial charge in [0.15, 0.2) is 0 Å². The van der Waals surface area contributed by atoms with Gasteiger partial charge in [-0.05, 0) is 68.6 Å². The molecule has 0 bridgehead atoms. The van der Waals surface area contributed by atoms with Crippen LogP contribution >= 0.6 is 11.3 Å². The number of hydrogen-bond acceptors (Lipinski definition) is 7. The third kappa shape index (κ3) is 4.30. The standard InChI is InChI=1S/C25H32N4O3S/c30-20(19-7-10-27-28-19)15-16-1-6-22-23(16)24-21(8-9-26-25(24)33-22)32-18-4-2-17(3-5-18)29-11-13-31-14-12-29/h7-10,16-18,20,30H,1-6,11-15H2,(H,27,28)/t16-,17?,18?,20-/m1/s1. The molecule has 4 heterocycles. The number of fused-ring (bicyclic) bond motifs is 3. The number of aromatic nitrogens is 3. The van der Waals surface area contributed by atoms with Crippen molar-refractivity contribution in [3.05, 3.63) is 40.7 Å². The summed E-state index contributed by atoms with van der Waals surface area (Å²) in [5.41, 5.74) is 2.15. The molecule has 2 atom stereocenters. The van der Waals surface area contributed by atoms with E-state index in [9.17, 15) is 5.11 Å². The minimum Gasteiger partial charge on any atom is -0.490 e. The van der Waals surface area contributed by atoms with Crippen molar-refractivity contribution in [3.8, 4) is 5.75 Å². The zero-order valence-corrected chi connectivity index (χ0v) is 19.7. The molecule has 3 aromatic rings. The van der Waals surface area contributed by atoms with Gasteiger partial charge in [-0.25, -0.2) is 4.98 Å². The number of aryl methyl sites for hydroxylation is 1. The van der Waals surface area contributed by atoms with Crippen molar-refractivity contribution < 1.29 is 14.6 Å². The van der Waals surface area contributed by atoms with Gasteiger partial charge < -0.3 is 14.6 Å². The van der Waals surface area contributed by atoms with Crippen LogP contribution in [0, 0.1) is 0 Å². The number of hydrogen-bond donors (Lipinski definition) is 2. The first-order valence-electron chi connectivity index (χ1n) is 12.3. The van der Waals surface area contributed by atoms with E-state index in [1.54, 1.807) is 17.5 Å². The number of ether oxygens (including phenoxy) is 2. The molecule has 3 aromatic heterocycles. The fourth-order valence-corrected chi connectivity index (χ4v) is 7.22. The highest BCUT2D eigenvalue weighted by Gasteiger charge is 2.33. The van der Waals surface area contributed by atoms with Gasteiger partial charge in [0.25, 0.3) is 0 Å². The number of H-pyrrole nitrogens is 1. The van der Waals surface area contributed by atoms with Gasteiger partial charge in [-0.2, -0.15) is 5.10 Å². The maximum Gasteiger partial charge on any atom is 0.131 e. The van der Waals surface area contributed by atoms with E-state index in [-0.39, 0.29) is 6.10 Å². The zero-order chi connectivity index (χ0) is 22.2. The van der Waals surface area contributed by atoms with Gasteiger partial charge >= 0.3 is 0 Å². The molecule has 1 aliphatic heterocycles. The van der Waals surface area contributed by atoms with Crippen LogP contribution in [0.4, 0.5) is 0 Å². The van der Waals surface area contributed by atoms with Crippen molar-refractivity contribution in [2.24, 2.45) is 0 Å². The van der Waals surface area contributed by atoms with Gasteiger partial charge in [-0.15, -0.1) is 11.3 Å². The highest BCUT2D eigenvalue weighted by molar-refractivity contribution is 7.19. The number of aliphatic hydroxyl groups is 1. The minimum absolute atomic E-state index is 0.263. The van der Waals surface area contributed by atoms with E-state index in [0.29, 0.717) is 18.4 Å². The molecule has 2 fully saturated rings. The topological polar surface area (TPSA) is 83.5 Å². The van der Waals surface area contributed by atoms with Crippen LogP contribution in [0.25, 0.3) is 10.2 Å². The van der Waals surface area contributed by atoms with Crippen LogP contribution in [-0.4, -0.2) is 63.6 Å². The number of thiophene rings is 1. The Bertz CT molecular complexity index is 1070. The first-order valence-corrected chi connectivity index (χ1v) is 13.1. The quantitative estimate of drug-likeness (QED) is 0.564. The van der Waals surface area contributed by atoms with E-state index < -0.39 is 6.10 Å². The van der Waals surface area contributed by atoms with Crippen LogP contribution in [-0.2, 0) is 11.2 Å². The molecule has 0 amide bonds. The molecular weight excluding hydrogens is 436 g/mol. The van der Waals surface area contributed by atoms with Crippen LogP contribution in [0.3, 0.4) is 0 Å². The van der Waals surface area contributed by atoms with E-state index >= 15 is 0 Å². The predicted molar refractivity (Wildman–Crippen MR) is 128 cm³/mol. The first kappa shape index (κ1) is 21.5. The summed E-state index contributed by atoms with van der Waals surface area (Å²) in [6.07, 6.45) is 10.7. The monoisotopic (exact) mass is 468 g/mol. The number of rotatable bonds is 6. The lowest BCUT2D eigenvalue weighted by atomic mass is 9.91. The summed E-state index contributed by atoms with van der Waals surface area (Å²) in [6, 6.07) is 4.57. The summed E-state index contributed by atoms with van der Waals surface area (Å²) < 4.78 is 12.2. The lowest BCUT2D eigenvalue weighted by Crippen LogP contribution is -2.46. The van der Waals surface area contributed by atoms with Crippen molar-refractivity contribution in [1.82, 2.24) is 20.1 Å². The lowest BCUT2D eigenvalue weighted by Gasteiger charge is -2.38. The molecule has 176 valence electrons. The minimum atomic E-state index is -0.532. The third-order valence-corrected chi connectivity index (χ3v) is 8.86. The third-order valence-electron chi connectivity index (χ3n) is 7.68. The average molecular weight is 469 g/mol. The number of nitrogens with one attached hydrogen (secondary N) is 1. The second-order valence-corrected chi connectivity index (χ2v) is 10.7. The Morgan fingerprint density at radius 2 is 2.00 bits per heavy atom. The molecule has 0 unspecified atom stereocenters. The Hall–Kier alpha value is -2.00. The summed E-state index contributed by atoms with van der Waals surface area (Å²) in [6.45, 7) is 3.86. The molecule has 0 spiro atoms. The second kappa shape index (κ2) is 9.33. The smallest absolute Gasteiger partial charge is 0.131 e. The number of pyridine rings is 1. The summed E-state index contributed by atoms with van der Waals surface area (Å²) >= 11 is 1.80. The maximum atomic E-state index is 10.7. The van der Waals surface area contributed by atoms with E-state index in [1.807, 2.05) is 18.3 Å². The molecule has 0 aromatic carbocycles. The normalized spacial score (nSPS) is 27.0. The van der Waals surface area contributed by atoms with Gasteiger partial charge in [-0.1, -0.05) is 0 Å². The number of nitrogens with zero attached hydrogens (tertiary/aromatic N) is 3. The van der Waals surface area contributed by atoms with E-state index in [4.69, 9.17) is 9.47 Å². The Morgan fingerprint density at radius 3 is 2.79 bits per heavy atom. The van der Waals surface area contributed by atoms with Crippen LogP contribution in [0.5, 0.6) is 5.75 Å². The molecule has 0 radical (unpaired) electrons. The highest BCUT2D eigenvalue weighted by atomic mass is 32.1. The molecule has 7 nitrogen and oxygen atoms in total. The van der Waals surface area contributed by atoms with Crippen molar-refractivity contribution >= 4 is 21.6 Å². The van der Waals surface area contributed by atoms with E-state index in [2.05, 4.69) is 20.1 Å². The summed E-state index contributed by atoms with van der Waals surface area (Å²) in [5.74, 6) is 1.30. The van der Waals surface area contributed by atoms with Gasteiger partial charge in [0.2, 0.25) is 0 Å². The van der Waals surface area contributed by atoms with E-state index in [1.165, 1.54) is 28.7 Å². The maximum absolute atomic E-state index is 10.7. The molecule has 33 heavy (non-hydrogen) atoms. The summed E-state index contributed by atoms with van der Waals surface area (Å²) in [5, 5.41) is 18.8. The predicted octanol–water partition coefficient (Wildman–Crippen LogP) is 4.20. The molecule has 2 aliphatic carbocycles. The van der Waals surface area contributed by atoms with Gasteiger partial charge in [-0.3, -0.25) is 10.00 Å². The largest absolute Gasteiger partial charge is 0.490 e. The summed E-state index contributed by atoms with van der Waals surface area (Å²) in [7, 11) is 0. The summed E-state index contributed by atoms with van der Waals surface area (Å²) in [4.78, 5) is 9.76. The molecule has 3 aliphatic rings. The Balaban J connectivity index is 1.18. The molecule has 2 N–H and O–H groups in total. The van der Waals surface area contributed by atoms with Gasteiger partial charge in [0.05, 0.1) is 36.5 Å². The van der Waals surface area contributed by atoms with Crippen molar-refractivity contribution in [2.45, 2.75) is 69.1 Å². The molecule has 1 saturated carbocycles. The molecule has 8 heteroatoms. The molecule has 1 saturated heterocycles. The van der Waals surface area contributed by atoms with Crippen LogP contribution in [0.1, 0.15) is 66.7 Å². The fraction of sp³-hybridized carbons (Fsp3) is 0.600. The number of morpholine rings is 1. The van der Waals surface area contributed by atoms with E-state index in [0.717, 1.165) is 68.3 Å². The first-order chi connectivity index (χ1) is 16.3. The van der Waals surface area contributed by atoms with Crippen LogP contribution in [0.2, 0.25) is 0 Å². The number of aromatic amines is 1. The van der Waals surface area contributed by atoms with Crippen molar-refractivity contribution in [3.63, 3.8) is 0 Å². The van der Waals surface area contributed by atoms with Crippen molar-refractivity contribution in [1.29, 1.82) is 0 Å². The van der Waals surface area contributed by atoms with Crippen LogP contribution < -0.4 is 4.74 Å². The molecule has 6 rings (SSSR count). The fourth-order valence-electron chi connectivity index (χ4n) is 5.96. The Morgan fingerprint density at radius 1 is 1.15 bits per heavy atom. The Labute approximate surface area is 198 Å². The van der Waals surface area contributed by atoms with Crippen LogP contribution in [0.15, 0.2) is 24.5 Å². The Kier molecular flexibility index (Phi) is 6.09. The molecular formula is C25H32N4O3S. The lowest BCUT2D eigenvalue weighted by molar-refractivity contribution is -0.000920. The van der Waals surface area contributed by atoms with Gasteiger partial charge in [0.1, 0.15) is 10.6 Å². The highest BCUT2D eigenvalue weighted by Crippen LogP contribution is 2.49. The van der Waals surface area contributed by atoms with Gasteiger partial charge in [0, 0.05) is 36.4 Å².